The highest BCUT2D eigenvalue weighted by molar-refractivity contribution is 8.17. The lowest BCUT2D eigenvalue weighted by molar-refractivity contribution is -0.154. The number of carboxylic acid groups (broad SMARTS) is 1. The Labute approximate surface area is 143 Å². The molecule has 23 heavy (non-hydrogen) atoms. The van der Waals surface area contributed by atoms with Crippen LogP contribution >= 0.6 is 35.5 Å². The number of hydrogen-bond donors (Lipinski definition) is 2. The number of nitrogens with zero attached hydrogens (tertiary/aromatic N) is 5. The van der Waals surface area contributed by atoms with Crippen LogP contribution in [0.5, 0.6) is 0 Å². The maximum atomic E-state index is 12.4. The summed E-state index contributed by atoms with van der Waals surface area (Å²) in [7, 11) is 1.72. The molecule has 4 heterocycles. The first kappa shape index (κ1) is 15.3. The summed E-state index contributed by atoms with van der Waals surface area (Å²) in [6.45, 7) is 1.82. The molecule has 2 N–H and O–H groups in total. The van der Waals surface area contributed by atoms with Crippen LogP contribution in [-0.4, -0.2) is 63.3 Å². The van der Waals surface area contributed by atoms with Gasteiger partial charge in [0.2, 0.25) is 5.16 Å². The van der Waals surface area contributed by atoms with Crippen molar-refractivity contribution in [3.63, 3.8) is 0 Å². The van der Waals surface area contributed by atoms with Gasteiger partial charge in [-0.2, -0.15) is 0 Å². The zero-order valence-electron chi connectivity index (χ0n) is 12.1. The number of β-lactam (4-membered cyclic amide) rings is 1. The van der Waals surface area contributed by atoms with Crippen molar-refractivity contribution in [3.8, 4) is 0 Å². The van der Waals surface area contributed by atoms with Crippen molar-refractivity contribution in [3.05, 3.63) is 11.3 Å². The molecule has 3 atom stereocenters. The number of nitrogens with one attached hydrogen (secondary N) is 1. The largest absolute Gasteiger partial charge is 0.477 e. The quantitative estimate of drug-likeness (QED) is 0.422. The SMILES string of the molecule is Cn1nnnc1SCC1=C(C(=O)O)N2C(=O)C3(C)NSC1S[C@H]23. The van der Waals surface area contributed by atoms with Crippen LogP contribution in [0.3, 0.4) is 0 Å². The number of tetrazole rings is 1. The molecule has 2 unspecified atom stereocenters. The lowest BCUT2D eigenvalue weighted by Gasteiger charge is -2.60. The number of aromatic nitrogens is 4. The van der Waals surface area contributed by atoms with Gasteiger partial charge in [0.15, 0.2) is 0 Å². The van der Waals surface area contributed by atoms with E-state index >= 15 is 0 Å². The minimum Gasteiger partial charge on any atom is -0.477 e. The molecular formula is C11H12N6O3S3. The molecule has 12 heteroatoms. The van der Waals surface area contributed by atoms with Crippen LogP contribution in [0.1, 0.15) is 6.92 Å². The number of carbonyl (C=O) groups excluding carboxylic acids is 1. The Morgan fingerprint density at radius 1 is 1.57 bits per heavy atom. The Morgan fingerprint density at radius 3 is 3.00 bits per heavy atom. The number of hydrogen-bond acceptors (Lipinski definition) is 9. The Balaban J connectivity index is 1.69. The molecule has 3 aliphatic rings. The topological polar surface area (TPSA) is 113 Å². The summed E-state index contributed by atoms with van der Waals surface area (Å²) in [5.74, 6) is -0.846. The number of carbonyl (C=O) groups is 2. The first-order chi connectivity index (χ1) is 10.9. The average molecular weight is 372 g/mol. The Kier molecular flexibility index (Phi) is 3.41. The maximum absolute atomic E-state index is 12.4. The molecule has 0 aliphatic carbocycles. The third-order valence-electron chi connectivity index (χ3n) is 3.99. The number of carboxylic acids is 1. The molecule has 1 aromatic heterocycles. The minimum atomic E-state index is -1.06. The summed E-state index contributed by atoms with van der Waals surface area (Å²) in [6.07, 6.45) is 0. The molecule has 2 bridgehead atoms. The fourth-order valence-corrected chi connectivity index (χ4v) is 6.88. The van der Waals surface area contributed by atoms with Gasteiger partial charge in [-0.3, -0.25) is 9.69 Å². The normalized spacial score (nSPS) is 32.1. The molecule has 1 amide bonds. The Bertz CT molecular complexity index is 751. The van der Waals surface area contributed by atoms with Crippen molar-refractivity contribution in [1.82, 2.24) is 29.8 Å². The van der Waals surface area contributed by atoms with Gasteiger partial charge in [-0.05, 0) is 22.9 Å². The van der Waals surface area contributed by atoms with E-state index in [0.717, 1.165) is 0 Å². The Hall–Kier alpha value is -1.24. The first-order valence-corrected chi connectivity index (χ1v) is 9.47. The molecule has 3 aliphatic heterocycles. The maximum Gasteiger partial charge on any atom is 0.352 e. The molecule has 1 aromatic rings. The van der Waals surface area contributed by atoms with E-state index in [1.165, 1.54) is 33.3 Å². The van der Waals surface area contributed by atoms with Crippen LogP contribution in [0.15, 0.2) is 16.4 Å². The number of rotatable bonds is 4. The van der Waals surface area contributed by atoms with Crippen LogP contribution in [-0.2, 0) is 16.6 Å². The summed E-state index contributed by atoms with van der Waals surface area (Å²) in [5.41, 5.74) is 0.135. The highest BCUT2D eigenvalue weighted by atomic mass is 32.2. The molecule has 122 valence electrons. The van der Waals surface area contributed by atoms with Crippen LogP contribution < -0.4 is 4.72 Å². The number of amides is 1. The monoisotopic (exact) mass is 372 g/mol. The van der Waals surface area contributed by atoms with E-state index in [-0.39, 0.29) is 21.6 Å². The van der Waals surface area contributed by atoms with E-state index in [4.69, 9.17) is 0 Å². The lowest BCUT2D eigenvalue weighted by atomic mass is 9.89. The van der Waals surface area contributed by atoms with Gasteiger partial charge in [-0.1, -0.05) is 23.7 Å². The third-order valence-corrected chi connectivity index (χ3v) is 8.19. The molecule has 9 nitrogen and oxygen atoms in total. The van der Waals surface area contributed by atoms with Gasteiger partial charge >= 0.3 is 5.97 Å². The number of aliphatic carboxylic acids is 1. The number of fused-ring (bicyclic) bond motifs is 1. The highest BCUT2D eigenvalue weighted by Gasteiger charge is 2.66. The van der Waals surface area contributed by atoms with Crippen molar-refractivity contribution in [2.45, 2.75) is 27.6 Å². The zero-order valence-corrected chi connectivity index (χ0v) is 14.5. The van der Waals surface area contributed by atoms with E-state index < -0.39 is 11.5 Å². The molecule has 0 saturated carbocycles. The molecule has 4 rings (SSSR count). The second-order valence-corrected chi connectivity index (χ2v) is 8.81. The van der Waals surface area contributed by atoms with Crippen molar-refractivity contribution >= 4 is 47.3 Å². The van der Waals surface area contributed by atoms with Gasteiger partial charge in [0.1, 0.15) is 16.6 Å². The van der Waals surface area contributed by atoms with E-state index in [0.29, 0.717) is 16.5 Å². The second kappa shape index (κ2) is 5.13. The highest BCUT2D eigenvalue weighted by Crippen LogP contribution is 2.56. The summed E-state index contributed by atoms with van der Waals surface area (Å²) >= 11 is 4.39. The van der Waals surface area contributed by atoms with Gasteiger partial charge in [0.25, 0.3) is 5.91 Å². The van der Waals surface area contributed by atoms with Gasteiger partial charge in [0.05, 0.1) is 4.58 Å². The zero-order chi connectivity index (χ0) is 16.4. The summed E-state index contributed by atoms with van der Waals surface area (Å²) in [4.78, 5) is 25.6. The first-order valence-electron chi connectivity index (χ1n) is 6.67. The van der Waals surface area contributed by atoms with Crippen LogP contribution in [0.2, 0.25) is 0 Å². The lowest BCUT2D eigenvalue weighted by Crippen LogP contribution is -2.79. The molecule has 0 radical (unpaired) electrons. The van der Waals surface area contributed by atoms with Crippen molar-refractivity contribution in [1.29, 1.82) is 0 Å². The van der Waals surface area contributed by atoms with E-state index in [1.54, 1.807) is 18.8 Å². The fourth-order valence-electron chi connectivity index (χ4n) is 2.77. The van der Waals surface area contributed by atoms with Gasteiger partial charge < -0.3 is 5.11 Å². The summed E-state index contributed by atoms with van der Waals surface area (Å²) in [6, 6.07) is 0. The number of aryl methyl sites for hydroxylation is 1. The van der Waals surface area contributed by atoms with Crippen molar-refractivity contribution in [2.75, 3.05) is 5.75 Å². The number of thioether (sulfide) groups is 2. The average Bonchev–Trinajstić information content (AvgIpc) is 2.93. The summed E-state index contributed by atoms with van der Waals surface area (Å²) < 4.78 is 4.68. The standard InChI is InChI=1S/C11H12N6O3S3/c1-11-8(20)17-5(6(18)19)4(7(23-13-11)22-9(11)17)3-21-10-12-14-15-16(10)2/h7,9,13H,3H2,1-2H3,(H,18,19)/t7?,9-,11?/m0/s1. The molecule has 2 saturated heterocycles. The van der Waals surface area contributed by atoms with E-state index in [1.807, 2.05) is 6.92 Å². The molecule has 2 fully saturated rings. The minimum absolute atomic E-state index is 0.0442. The van der Waals surface area contributed by atoms with E-state index in [2.05, 4.69) is 20.2 Å². The fraction of sp³-hybridized carbons (Fsp3) is 0.545. The van der Waals surface area contributed by atoms with Crippen LogP contribution in [0, 0.1) is 0 Å². The predicted octanol–water partition coefficient (Wildman–Crippen LogP) is -0.108. The molecule has 0 spiro atoms. The van der Waals surface area contributed by atoms with E-state index in [9.17, 15) is 14.7 Å². The van der Waals surface area contributed by atoms with Gasteiger partial charge in [-0.25, -0.2) is 14.2 Å². The second-order valence-electron chi connectivity index (χ2n) is 5.47. The van der Waals surface area contributed by atoms with Crippen molar-refractivity contribution in [2.24, 2.45) is 7.05 Å². The third kappa shape index (κ3) is 2.05. The van der Waals surface area contributed by atoms with Crippen LogP contribution in [0.25, 0.3) is 0 Å². The summed E-state index contributed by atoms with van der Waals surface area (Å²) in [5, 5.41) is 21.3. The Morgan fingerprint density at radius 2 is 2.35 bits per heavy atom. The van der Waals surface area contributed by atoms with Crippen molar-refractivity contribution < 1.29 is 14.7 Å². The smallest absolute Gasteiger partial charge is 0.352 e. The molecular weight excluding hydrogens is 360 g/mol. The van der Waals surface area contributed by atoms with Crippen LogP contribution in [0.4, 0.5) is 0 Å². The predicted molar refractivity (Wildman–Crippen MR) is 85.3 cm³/mol. The molecule has 0 aromatic carbocycles. The van der Waals surface area contributed by atoms with Gasteiger partial charge in [0, 0.05) is 12.8 Å². The van der Waals surface area contributed by atoms with Gasteiger partial charge in [-0.15, -0.1) is 16.9 Å².